The summed E-state index contributed by atoms with van der Waals surface area (Å²) in [5.74, 6) is 0. The van der Waals surface area contributed by atoms with Crippen LogP contribution < -0.4 is 0 Å². The fourth-order valence-electron chi connectivity index (χ4n) is 1.73. The van der Waals surface area contributed by atoms with Gasteiger partial charge in [-0.15, -0.1) is 0 Å². The van der Waals surface area contributed by atoms with Gasteiger partial charge >= 0.3 is 0 Å². The van der Waals surface area contributed by atoms with Crippen molar-refractivity contribution in [3.8, 4) is 0 Å². The number of nitrogens with zero attached hydrogens (tertiary/aromatic N) is 2. The first kappa shape index (κ1) is 10.0. The molecule has 1 heterocycles. The van der Waals surface area contributed by atoms with Crippen LogP contribution in [-0.4, -0.2) is 41.3 Å². The molecule has 72 valence electrons. The SMILES string of the molecule is CC[N+]1(CC)CN(C(C)(C)C)C1. The van der Waals surface area contributed by atoms with Gasteiger partial charge in [0.05, 0.1) is 13.1 Å². The summed E-state index contributed by atoms with van der Waals surface area (Å²) in [7, 11) is 0. The zero-order valence-electron chi connectivity index (χ0n) is 9.22. The highest BCUT2D eigenvalue weighted by Gasteiger charge is 2.44. The second kappa shape index (κ2) is 3.00. The molecule has 0 saturated carbocycles. The van der Waals surface area contributed by atoms with Gasteiger partial charge in [0.25, 0.3) is 0 Å². The molecular weight excluding hydrogens is 148 g/mol. The van der Waals surface area contributed by atoms with E-state index in [1.807, 2.05) is 0 Å². The second-order valence-corrected chi connectivity index (χ2v) is 4.97. The standard InChI is InChI=1S/C10H23N2/c1-6-12(7-2)8-11(9-12)10(3,4)5/h6-9H2,1-5H3/q+1. The molecule has 0 amide bonds. The molecule has 0 bridgehead atoms. The van der Waals surface area contributed by atoms with E-state index in [2.05, 4.69) is 39.5 Å². The van der Waals surface area contributed by atoms with Gasteiger partial charge in [-0.3, -0.25) is 4.48 Å². The quantitative estimate of drug-likeness (QED) is 0.573. The van der Waals surface area contributed by atoms with E-state index in [9.17, 15) is 0 Å². The number of rotatable bonds is 2. The maximum atomic E-state index is 2.56. The lowest BCUT2D eigenvalue weighted by Gasteiger charge is -2.55. The van der Waals surface area contributed by atoms with Crippen LogP contribution in [0.3, 0.4) is 0 Å². The number of quaternary nitrogens is 1. The molecule has 0 unspecified atom stereocenters. The fraction of sp³-hybridized carbons (Fsp3) is 1.00. The molecular formula is C10H23N2+. The summed E-state index contributed by atoms with van der Waals surface area (Å²) >= 11 is 0. The summed E-state index contributed by atoms with van der Waals surface area (Å²) in [4.78, 5) is 2.56. The van der Waals surface area contributed by atoms with Crippen LogP contribution in [-0.2, 0) is 0 Å². The Bertz CT molecular complexity index is 146. The van der Waals surface area contributed by atoms with Crippen LogP contribution in [0.15, 0.2) is 0 Å². The maximum Gasteiger partial charge on any atom is 0.140 e. The van der Waals surface area contributed by atoms with Gasteiger partial charge < -0.3 is 0 Å². The van der Waals surface area contributed by atoms with E-state index in [4.69, 9.17) is 0 Å². The highest BCUT2D eigenvalue weighted by Crippen LogP contribution is 2.27. The van der Waals surface area contributed by atoms with Crippen LogP contribution in [0.2, 0.25) is 0 Å². The predicted octanol–water partition coefficient (Wildman–Crippen LogP) is 1.87. The highest BCUT2D eigenvalue weighted by atomic mass is 15.6. The van der Waals surface area contributed by atoms with Gasteiger partial charge in [0, 0.05) is 5.54 Å². The van der Waals surface area contributed by atoms with Crippen LogP contribution >= 0.6 is 0 Å². The van der Waals surface area contributed by atoms with Crippen LogP contribution in [0.25, 0.3) is 0 Å². The Hall–Kier alpha value is -0.0800. The van der Waals surface area contributed by atoms with Crippen molar-refractivity contribution in [2.24, 2.45) is 0 Å². The van der Waals surface area contributed by atoms with E-state index in [1.165, 1.54) is 30.9 Å². The first-order valence-corrected chi connectivity index (χ1v) is 5.04. The Morgan fingerprint density at radius 1 is 1.08 bits per heavy atom. The van der Waals surface area contributed by atoms with E-state index < -0.39 is 0 Å². The minimum Gasteiger partial charge on any atom is -0.299 e. The van der Waals surface area contributed by atoms with Gasteiger partial charge in [-0.2, -0.15) is 0 Å². The summed E-state index contributed by atoms with van der Waals surface area (Å²) in [6, 6.07) is 0. The minimum absolute atomic E-state index is 0.367. The van der Waals surface area contributed by atoms with Crippen LogP contribution in [0.4, 0.5) is 0 Å². The van der Waals surface area contributed by atoms with E-state index >= 15 is 0 Å². The normalized spacial score (nSPS) is 23.8. The molecule has 2 nitrogen and oxygen atoms in total. The monoisotopic (exact) mass is 171 g/mol. The predicted molar refractivity (Wildman–Crippen MR) is 52.7 cm³/mol. The van der Waals surface area contributed by atoms with Crippen LogP contribution in [0.1, 0.15) is 34.6 Å². The lowest BCUT2D eigenvalue weighted by molar-refractivity contribution is -0.995. The summed E-state index contributed by atoms with van der Waals surface area (Å²) in [6.07, 6.45) is 0. The first-order valence-electron chi connectivity index (χ1n) is 5.04. The molecule has 1 aliphatic heterocycles. The van der Waals surface area contributed by atoms with Gasteiger partial charge in [-0.1, -0.05) is 0 Å². The van der Waals surface area contributed by atoms with Crippen molar-refractivity contribution < 1.29 is 4.48 Å². The molecule has 12 heavy (non-hydrogen) atoms. The summed E-state index contributed by atoms with van der Waals surface area (Å²) in [5, 5.41) is 0. The minimum atomic E-state index is 0.367. The zero-order valence-corrected chi connectivity index (χ0v) is 9.22. The molecule has 0 N–H and O–H groups in total. The molecule has 0 spiro atoms. The average molecular weight is 171 g/mol. The molecule has 1 rings (SSSR count). The van der Waals surface area contributed by atoms with Gasteiger partial charge in [-0.05, 0) is 34.6 Å². The largest absolute Gasteiger partial charge is 0.299 e. The highest BCUT2D eigenvalue weighted by molar-refractivity contribution is 4.76. The molecule has 0 radical (unpaired) electrons. The van der Waals surface area contributed by atoms with Gasteiger partial charge in [0.1, 0.15) is 13.3 Å². The fourth-order valence-corrected chi connectivity index (χ4v) is 1.73. The van der Waals surface area contributed by atoms with E-state index in [-0.39, 0.29) is 0 Å². The Morgan fingerprint density at radius 2 is 1.50 bits per heavy atom. The summed E-state index contributed by atoms with van der Waals surface area (Å²) < 4.78 is 1.29. The topological polar surface area (TPSA) is 3.24 Å². The summed E-state index contributed by atoms with van der Waals surface area (Å²) in [6.45, 7) is 16.5. The molecule has 0 aromatic heterocycles. The smallest absolute Gasteiger partial charge is 0.140 e. The zero-order chi connectivity index (χ0) is 9.41. The Kier molecular flexibility index (Phi) is 2.50. The lowest BCUT2D eigenvalue weighted by atomic mass is 10.0. The van der Waals surface area contributed by atoms with Crippen molar-refractivity contribution in [3.05, 3.63) is 0 Å². The third kappa shape index (κ3) is 1.64. The van der Waals surface area contributed by atoms with Crippen LogP contribution in [0.5, 0.6) is 0 Å². The molecule has 0 aromatic carbocycles. The molecule has 1 aliphatic rings. The first-order chi connectivity index (χ1) is 5.43. The maximum absolute atomic E-state index is 2.56. The van der Waals surface area contributed by atoms with Crippen molar-refractivity contribution in [2.75, 3.05) is 26.4 Å². The van der Waals surface area contributed by atoms with Crippen molar-refractivity contribution >= 4 is 0 Å². The molecule has 0 aliphatic carbocycles. The van der Waals surface area contributed by atoms with Crippen molar-refractivity contribution in [2.45, 2.75) is 40.2 Å². The van der Waals surface area contributed by atoms with Crippen molar-refractivity contribution in [1.82, 2.24) is 4.90 Å². The Morgan fingerprint density at radius 3 is 1.75 bits per heavy atom. The van der Waals surface area contributed by atoms with E-state index in [1.54, 1.807) is 0 Å². The molecule has 1 saturated heterocycles. The van der Waals surface area contributed by atoms with Crippen molar-refractivity contribution in [1.29, 1.82) is 0 Å². The molecule has 2 heteroatoms. The van der Waals surface area contributed by atoms with Crippen molar-refractivity contribution in [3.63, 3.8) is 0 Å². The Labute approximate surface area is 76.7 Å². The summed E-state index contributed by atoms with van der Waals surface area (Å²) in [5.41, 5.74) is 0.367. The van der Waals surface area contributed by atoms with E-state index in [0.717, 1.165) is 0 Å². The van der Waals surface area contributed by atoms with Gasteiger partial charge in [0.15, 0.2) is 0 Å². The van der Waals surface area contributed by atoms with Crippen LogP contribution in [0, 0.1) is 0 Å². The Balaban J connectivity index is 2.45. The second-order valence-electron chi connectivity index (χ2n) is 4.97. The number of hydrogen-bond acceptors (Lipinski definition) is 1. The molecule has 1 fully saturated rings. The molecule has 0 aromatic rings. The molecule has 0 atom stereocenters. The third-order valence-electron chi connectivity index (χ3n) is 3.23. The van der Waals surface area contributed by atoms with Gasteiger partial charge in [0.2, 0.25) is 0 Å². The third-order valence-corrected chi connectivity index (χ3v) is 3.23. The lowest BCUT2D eigenvalue weighted by Crippen LogP contribution is -2.72. The average Bonchev–Trinajstić information content (AvgIpc) is 1.85. The van der Waals surface area contributed by atoms with E-state index in [0.29, 0.717) is 5.54 Å². The number of hydrogen-bond donors (Lipinski definition) is 0. The van der Waals surface area contributed by atoms with Gasteiger partial charge in [-0.25, -0.2) is 4.90 Å².